The first kappa shape index (κ1) is 22.9. The summed E-state index contributed by atoms with van der Waals surface area (Å²) < 4.78 is 0. The molecule has 0 saturated heterocycles. The van der Waals surface area contributed by atoms with Crippen molar-refractivity contribution in [2.45, 2.75) is 70.3 Å². The van der Waals surface area contributed by atoms with Gasteiger partial charge in [0.25, 0.3) is 0 Å². The summed E-state index contributed by atoms with van der Waals surface area (Å²) >= 11 is 6.14. The van der Waals surface area contributed by atoms with E-state index in [1.807, 2.05) is 12.1 Å². The number of hydrogen-bond acceptors (Lipinski definition) is 2. The van der Waals surface area contributed by atoms with Crippen LogP contribution in [-0.4, -0.2) is 24.0 Å². The van der Waals surface area contributed by atoms with E-state index in [4.69, 9.17) is 11.6 Å². The summed E-state index contributed by atoms with van der Waals surface area (Å²) in [6.45, 7) is 6.65. The van der Waals surface area contributed by atoms with E-state index >= 15 is 0 Å². The lowest BCUT2D eigenvalue weighted by atomic mass is 9.67. The summed E-state index contributed by atoms with van der Waals surface area (Å²) in [6.07, 6.45) is 7.86. The van der Waals surface area contributed by atoms with Crippen LogP contribution >= 0.6 is 11.6 Å². The maximum atomic E-state index is 10.4. The average Bonchev–Trinajstić information content (AvgIpc) is 3.30. The van der Waals surface area contributed by atoms with Crippen LogP contribution in [0.5, 0.6) is 0 Å². The molecule has 0 aliphatic heterocycles. The van der Waals surface area contributed by atoms with Gasteiger partial charge in [0.2, 0.25) is 0 Å². The summed E-state index contributed by atoms with van der Waals surface area (Å²) in [7, 11) is 0. The Labute approximate surface area is 187 Å². The normalized spacial score (nSPS) is 16.7. The molecule has 1 aliphatic rings. The highest BCUT2D eigenvalue weighted by molar-refractivity contribution is 6.30. The third kappa shape index (κ3) is 5.65. The summed E-state index contributed by atoms with van der Waals surface area (Å²) in [5, 5.41) is 11.1. The monoisotopic (exact) mass is 422 g/mol. The summed E-state index contributed by atoms with van der Waals surface area (Å²) in [4.78, 5) is 2.56. The Bertz CT molecular complexity index is 803. The van der Waals surface area contributed by atoms with Crippen LogP contribution < -0.4 is 0 Å². The van der Waals surface area contributed by atoms with Crippen molar-refractivity contribution < 1.29 is 0 Å². The van der Waals surface area contributed by atoms with Gasteiger partial charge in [0.1, 0.15) is 0 Å². The van der Waals surface area contributed by atoms with E-state index in [9.17, 15) is 5.26 Å². The van der Waals surface area contributed by atoms with Gasteiger partial charge in [0.15, 0.2) is 0 Å². The first-order chi connectivity index (χ1) is 14.5. The minimum atomic E-state index is -0.386. The SMILES string of the molecule is CC(C)N(CCCC(C#N)(c1ccc(Cl)cc1)C1CCCC1)CCc1ccccc1. The Kier molecular flexibility index (Phi) is 8.37. The van der Waals surface area contributed by atoms with E-state index in [1.165, 1.54) is 18.4 Å². The van der Waals surface area contributed by atoms with E-state index in [0.29, 0.717) is 12.0 Å². The fourth-order valence-corrected chi connectivity index (χ4v) is 5.19. The van der Waals surface area contributed by atoms with Crippen molar-refractivity contribution in [3.05, 3.63) is 70.7 Å². The zero-order valence-corrected chi connectivity index (χ0v) is 19.2. The molecule has 3 heteroatoms. The van der Waals surface area contributed by atoms with E-state index in [2.05, 4.69) is 67.3 Å². The topological polar surface area (TPSA) is 27.0 Å². The summed E-state index contributed by atoms with van der Waals surface area (Å²) in [5.74, 6) is 0.459. The van der Waals surface area contributed by atoms with Crippen LogP contribution in [0.3, 0.4) is 0 Å². The molecule has 2 aromatic carbocycles. The van der Waals surface area contributed by atoms with Crippen molar-refractivity contribution in [2.75, 3.05) is 13.1 Å². The third-order valence-electron chi connectivity index (χ3n) is 6.89. The second-order valence-electron chi connectivity index (χ2n) is 9.04. The lowest BCUT2D eigenvalue weighted by Crippen LogP contribution is -2.37. The van der Waals surface area contributed by atoms with Gasteiger partial charge in [-0.25, -0.2) is 0 Å². The van der Waals surface area contributed by atoms with Crippen molar-refractivity contribution in [2.24, 2.45) is 5.92 Å². The van der Waals surface area contributed by atoms with Gasteiger partial charge in [0.05, 0.1) is 11.5 Å². The maximum Gasteiger partial charge on any atom is 0.0850 e. The van der Waals surface area contributed by atoms with Crippen LogP contribution in [0.4, 0.5) is 0 Å². The van der Waals surface area contributed by atoms with Crippen molar-refractivity contribution in [3.8, 4) is 6.07 Å². The first-order valence-electron chi connectivity index (χ1n) is 11.5. The molecule has 160 valence electrons. The van der Waals surface area contributed by atoms with Crippen LogP contribution in [0, 0.1) is 17.2 Å². The third-order valence-corrected chi connectivity index (χ3v) is 7.14. The van der Waals surface area contributed by atoms with Gasteiger partial charge >= 0.3 is 0 Å². The maximum absolute atomic E-state index is 10.4. The second-order valence-corrected chi connectivity index (χ2v) is 9.48. The van der Waals surface area contributed by atoms with E-state index < -0.39 is 0 Å². The van der Waals surface area contributed by atoms with Crippen LogP contribution in [0.25, 0.3) is 0 Å². The van der Waals surface area contributed by atoms with Crippen molar-refractivity contribution in [1.82, 2.24) is 4.90 Å². The van der Waals surface area contributed by atoms with Crippen LogP contribution in [0.1, 0.15) is 63.5 Å². The molecule has 0 aromatic heterocycles. The minimum Gasteiger partial charge on any atom is -0.301 e. The van der Waals surface area contributed by atoms with Gasteiger partial charge < -0.3 is 4.90 Å². The molecule has 2 nitrogen and oxygen atoms in total. The standard InChI is InChI=1S/C27H35ClN2/c1-22(2)30(20-17-23-9-4-3-5-10-23)19-8-18-27(21-29,24-11-6-7-12-24)25-13-15-26(28)16-14-25/h3-5,9-10,13-16,22,24H,6-8,11-12,17-20H2,1-2H3. The molecule has 0 heterocycles. The number of halogens is 1. The Hall–Kier alpha value is -1.82. The van der Waals surface area contributed by atoms with Gasteiger partial charge in [0, 0.05) is 17.6 Å². The lowest BCUT2D eigenvalue weighted by molar-refractivity contribution is 0.207. The van der Waals surface area contributed by atoms with Crippen LogP contribution in [0.15, 0.2) is 54.6 Å². The molecule has 1 fully saturated rings. The number of nitrogens with zero attached hydrogens (tertiary/aromatic N) is 2. The van der Waals surface area contributed by atoms with Gasteiger partial charge in [-0.05, 0) is 81.7 Å². The van der Waals surface area contributed by atoms with E-state index in [1.54, 1.807) is 0 Å². The van der Waals surface area contributed by atoms with Gasteiger partial charge in [-0.1, -0.05) is 66.9 Å². The predicted octanol–water partition coefficient (Wildman–Crippen LogP) is 7.02. The zero-order chi connectivity index (χ0) is 21.4. The Morgan fingerprint density at radius 3 is 2.30 bits per heavy atom. The van der Waals surface area contributed by atoms with Gasteiger partial charge in [-0.2, -0.15) is 5.26 Å². The number of rotatable bonds is 10. The highest BCUT2D eigenvalue weighted by Gasteiger charge is 2.41. The molecule has 1 aliphatic carbocycles. The highest BCUT2D eigenvalue weighted by Crippen LogP contribution is 2.45. The quantitative estimate of drug-likeness (QED) is 0.411. The van der Waals surface area contributed by atoms with Crippen molar-refractivity contribution in [1.29, 1.82) is 5.26 Å². The molecule has 0 radical (unpaired) electrons. The molecular weight excluding hydrogens is 388 g/mol. The highest BCUT2D eigenvalue weighted by atomic mass is 35.5. The molecule has 1 unspecified atom stereocenters. The minimum absolute atomic E-state index is 0.386. The van der Waals surface area contributed by atoms with Crippen LogP contribution in [0.2, 0.25) is 5.02 Å². The molecule has 30 heavy (non-hydrogen) atoms. The lowest BCUT2D eigenvalue weighted by Gasteiger charge is -2.35. The molecule has 1 atom stereocenters. The molecule has 0 spiro atoms. The van der Waals surface area contributed by atoms with Crippen LogP contribution in [-0.2, 0) is 11.8 Å². The summed E-state index contributed by atoms with van der Waals surface area (Å²) in [5.41, 5.74) is 2.16. The molecule has 0 amide bonds. The van der Waals surface area contributed by atoms with Gasteiger partial charge in [-0.3, -0.25) is 0 Å². The van der Waals surface area contributed by atoms with Crippen molar-refractivity contribution >= 4 is 11.6 Å². The van der Waals surface area contributed by atoms with Crippen molar-refractivity contribution in [3.63, 3.8) is 0 Å². The molecule has 0 N–H and O–H groups in total. The fraction of sp³-hybridized carbons (Fsp3) is 0.519. The predicted molar refractivity (Wildman–Crippen MR) is 127 cm³/mol. The molecular formula is C27H35ClN2. The Morgan fingerprint density at radius 2 is 1.70 bits per heavy atom. The second kappa shape index (κ2) is 11.0. The smallest absolute Gasteiger partial charge is 0.0850 e. The number of nitriles is 1. The van der Waals surface area contributed by atoms with Gasteiger partial charge in [-0.15, -0.1) is 0 Å². The number of hydrogen-bond donors (Lipinski definition) is 0. The molecule has 0 bridgehead atoms. The Morgan fingerprint density at radius 1 is 1.03 bits per heavy atom. The Balaban J connectivity index is 1.68. The molecule has 2 aromatic rings. The van der Waals surface area contributed by atoms with E-state index in [0.717, 1.165) is 55.8 Å². The fourth-order valence-electron chi connectivity index (χ4n) is 5.07. The molecule has 3 rings (SSSR count). The number of benzene rings is 2. The van der Waals surface area contributed by atoms with E-state index in [-0.39, 0.29) is 5.41 Å². The summed E-state index contributed by atoms with van der Waals surface area (Å²) in [6, 6.07) is 22.1. The first-order valence-corrected chi connectivity index (χ1v) is 11.9. The largest absolute Gasteiger partial charge is 0.301 e. The molecule has 1 saturated carbocycles. The average molecular weight is 423 g/mol. The zero-order valence-electron chi connectivity index (χ0n) is 18.5.